The minimum atomic E-state index is -0.249. The van der Waals surface area contributed by atoms with Crippen molar-refractivity contribution >= 4 is 38.9 Å². The summed E-state index contributed by atoms with van der Waals surface area (Å²) in [4.78, 5) is 13.1. The minimum Gasteiger partial charge on any atom is -0.395 e. The summed E-state index contributed by atoms with van der Waals surface area (Å²) in [5.41, 5.74) is 7.46. The number of aromatic amines is 1. The summed E-state index contributed by atoms with van der Waals surface area (Å²) in [6.45, 7) is 2.53. The number of carbonyl (C=O) groups is 1. The highest BCUT2D eigenvalue weighted by molar-refractivity contribution is 9.10. The zero-order chi connectivity index (χ0) is 13.8. The van der Waals surface area contributed by atoms with Crippen LogP contribution in [0.2, 0.25) is 0 Å². The number of nitrogens with zero attached hydrogens (tertiary/aromatic N) is 1. The van der Waals surface area contributed by atoms with E-state index in [0.717, 1.165) is 27.9 Å². The zero-order valence-corrected chi connectivity index (χ0v) is 12.9. The van der Waals surface area contributed by atoms with E-state index in [1.54, 1.807) is 11.3 Å². The first-order chi connectivity index (χ1) is 9.11. The number of amides is 1. The minimum absolute atomic E-state index is 0.249. The first-order valence-electron chi connectivity index (χ1n) is 5.95. The molecule has 0 saturated carbocycles. The van der Waals surface area contributed by atoms with Crippen LogP contribution in [0.15, 0.2) is 15.9 Å². The second-order valence-corrected chi connectivity index (χ2v) is 6.04. The predicted octanol–water partition coefficient (Wildman–Crippen LogP) is 2.70. The van der Waals surface area contributed by atoms with E-state index in [0.29, 0.717) is 12.2 Å². The molecule has 0 spiro atoms. The largest absolute Gasteiger partial charge is 0.395 e. The molecule has 0 aromatic carbocycles. The van der Waals surface area contributed by atoms with Crippen LogP contribution in [-0.4, -0.2) is 16.1 Å². The Morgan fingerprint density at radius 3 is 3.05 bits per heavy atom. The normalized spacial score (nSPS) is 10.6. The number of nitrogen functional groups attached to an aromatic ring is 1. The summed E-state index contributed by atoms with van der Waals surface area (Å²) in [5, 5.41) is 11.6. The monoisotopic (exact) mass is 342 g/mol. The summed E-state index contributed by atoms with van der Waals surface area (Å²) in [7, 11) is 0. The number of halogens is 1. The van der Waals surface area contributed by atoms with Crippen LogP contribution in [0.3, 0.4) is 0 Å². The van der Waals surface area contributed by atoms with Crippen molar-refractivity contribution in [1.29, 1.82) is 0 Å². The molecule has 0 unspecified atom stereocenters. The van der Waals surface area contributed by atoms with Crippen molar-refractivity contribution in [3.8, 4) is 0 Å². The second kappa shape index (κ2) is 6.21. The van der Waals surface area contributed by atoms with Gasteiger partial charge in [-0.15, -0.1) is 11.3 Å². The van der Waals surface area contributed by atoms with Gasteiger partial charge in [-0.25, -0.2) is 0 Å². The van der Waals surface area contributed by atoms with E-state index in [2.05, 4.69) is 38.4 Å². The molecule has 5 nitrogen and oxygen atoms in total. The predicted molar refractivity (Wildman–Crippen MR) is 80.2 cm³/mol. The number of anilines is 1. The first-order valence-corrected chi connectivity index (χ1v) is 7.63. The summed E-state index contributed by atoms with van der Waals surface area (Å²) in [6, 6.07) is 1.97. The van der Waals surface area contributed by atoms with E-state index < -0.39 is 0 Å². The van der Waals surface area contributed by atoms with Crippen LogP contribution in [-0.2, 0) is 13.0 Å². The fraction of sp³-hybridized carbons (Fsp3) is 0.333. The van der Waals surface area contributed by atoms with Gasteiger partial charge in [0.25, 0.3) is 5.91 Å². The number of carbonyl (C=O) groups excluding carboxylic acids is 1. The number of rotatable bonds is 5. The lowest BCUT2D eigenvalue weighted by molar-refractivity contribution is 0.0947. The molecule has 0 atom stereocenters. The number of hydrogen-bond acceptors (Lipinski definition) is 4. The van der Waals surface area contributed by atoms with Crippen LogP contribution < -0.4 is 11.1 Å². The molecular formula is C12H15BrN4OS. The van der Waals surface area contributed by atoms with Crippen molar-refractivity contribution in [3.05, 3.63) is 32.2 Å². The third-order valence-corrected chi connectivity index (χ3v) is 4.34. The molecule has 2 heterocycles. The van der Waals surface area contributed by atoms with Crippen LogP contribution >= 0.6 is 27.3 Å². The molecule has 0 saturated heterocycles. The smallest absolute Gasteiger partial charge is 0.274 e. The zero-order valence-electron chi connectivity index (χ0n) is 10.5. The van der Waals surface area contributed by atoms with E-state index in [9.17, 15) is 4.79 Å². The lowest BCUT2D eigenvalue weighted by atomic mass is 10.2. The number of hydrogen-bond donors (Lipinski definition) is 3. The summed E-state index contributed by atoms with van der Waals surface area (Å²) in [5.74, 6) is -0.249. The van der Waals surface area contributed by atoms with E-state index >= 15 is 0 Å². The Morgan fingerprint density at radius 1 is 1.63 bits per heavy atom. The molecule has 4 N–H and O–H groups in total. The Hall–Kier alpha value is -1.34. The van der Waals surface area contributed by atoms with E-state index in [-0.39, 0.29) is 11.6 Å². The SMILES string of the molecule is CCCc1[nH]nc(C(=O)NCc2cc(Br)cs2)c1N. The van der Waals surface area contributed by atoms with Gasteiger partial charge < -0.3 is 11.1 Å². The molecule has 0 fully saturated rings. The molecule has 19 heavy (non-hydrogen) atoms. The average Bonchev–Trinajstić information content (AvgIpc) is 2.95. The van der Waals surface area contributed by atoms with Crippen molar-refractivity contribution in [3.63, 3.8) is 0 Å². The van der Waals surface area contributed by atoms with Gasteiger partial charge in [-0.05, 0) is 28.4 Å². The molecular weight excluding hydrogens is 328 g/mol. The number of thiophene rings is 1. The molecule has 0 bridgehead atoms. The number of nitrogens with two attached hydrogens (primary N) is 1. The van der Waals surface area contributed by atoms with E-state index in [1.165, 1.54) is 0 Å². The van der Waals surface area contributed by atoms with Crippen LogP contribution in [0.5, 0.6) is 0 Å². The molecule has 0 radical (unpaired) electrons. The Labute approximate surface area is 123 Å². The Kier molecular flexibility index (Phi) is 4.60. The van der Waals surface area contributed by atoms with Crippen molar-refractivity contribution in [2.75, 3.05) is 5.73 Å². The van der Waals surface area contributed by atoms with Gasteiger partial charge >= 0.3 is 0 Å². The van der Waals surface area contributed by atoms with Crippen molar-refractivity contribution in [1.82, 2.24) is 15.5 Å². The van der Waals surface area contributed by atoms with Crippen molar-refractivity contribution in [2.45, 2.75) is 26.3 Å². The number of H-pyrrole nitrogens is 1. The lowest BCUT2D eigenvalue weighted by Crippen LogP contribution is -2.23. The number of nitrogens with one attached hydrogen (secondary N) is 2. The van der Waals surface area contributed by atoms with Crippen LogP contribution in [0.25, 0.3) is 0 Å². The molecule has 2 rings (SSSR count). The average molecular weight is 343 g/mol. The summed E-state index contributed by atoms with van der Waals surface area (Å²) < 4.78 is 1.02. The Morgan fingerprint density at radius 2 is 2.42 bits per heavy atom. The number of aryl methyl sites for hydroxylation is 1. The maximum Gasteiger partial charge on any atom is 0.274 e. The van der Waals surface area contributed by atoms with Gasteiger partial charge in [-0.3, -0.25) is 9.89 Å². The highest BCUT2D eigenvalue weighted by atomic mass is 79.9. The molecule has 2 aromatic rings. The molecule has 7 heteroatoms. The highest BCUT2D eigenvalue weighted by Crippen LogP contribution is 2.20. The fourth-order valence-corrected chi connectivity index (χ4v) is 3.09. The maximum absolute atomic E-state index is 12.0. The molecule has 1 amide bonds. The van der Waals surface area contributed by atoms with Gasteiger partial charge in [-0.1, -0.05) is 13.3 Å². The lowest BCUT2D eigenvalue weighted by Gasteiger charge is -2.02. The number of aromatic nitrogens is 2. The molecule has 0 aliphatic carbocycles. The quantitative estimate of drug-likeness (QED) is 0.780. The van der Waals surface area contributed by atoms with E-state index in [1.807, 2.05) is 11.4 Å². The standard InChI is InChI=1S/C12H15BrN4OS/c1-2-3-9-10(14)11(17-16-9)12(18)15-5-8-4-7(13)6-19-8/h4,6H,2-3,5,14H2,1H3,(H,15,18)(H,16,17). The van der Waals surface area contributed by atoms with Gasteiger partial charge in [0.1, 0.15) is 0 Å². The molecule has 0 aliphatic heterocycles. The van der Waals surface area contributed by atoms with Gasteiger partial charge in [0.05, 0.1) is 17.9 Å². The third-order valence-electron chi connectivity index (χ3n) is 2.64. The first kappa shape index (κ1) is 14.1. The fourth-order valence-electron chi connectivity index (χ4n) is 1.70. The summed E-state index contributed by atoms with van der Waals surface area (Å²) in [6.07, 6.45) is 1.75. The molecule has 2 aromatic heterocycles. The maximum atomic E-state index is 12.0. The Balaban J connectivity index is 2.00. The van der Waals surface area contributed by atoms with Gasteiger partial charge in [0, 0.05) is 14.7 Å². The van der Waals surface area contributed by atoms with Crippen molar-refractivity contribution in [2.24, 2.45) is 0 Å². The highest BCUT2D eigenvalue weighted by Gasteiger charge is 2.16. The van der Waals surface area contributed by atoms with Crippen LogP contribution in [0.1, 0.15) is 34.4 Å². The van der Waals surface area contributed by atoms with Gasteiger partial charge in [0.15, 0.2) is 5.69 Å². The van der Waals surface area contributed by atoms with Crippen LogP contribution in [0.4, 0.5) is 5.69 Å². The van der Waals surface area contributed by atoms with E-state index in [4.69, 9.17) is 5.73 Å². The second-order valence-electron chi connectivity index (χ2n) is 4.13. The van der Waals surface area contributed by atoms with Crippen LogP contribution in [0, 0.1) is 0 Å². The van der Waals surface area contributed by atoms with Crippen molar-refractivity contribution < 1.29 is 4.79 Å². The topological polar surface area (TPSA) is 83.8 Å². The molecule has 0 aliphatic rings. The third kappa shape index (κ3) is 3.36. The van der Waals surface area contributed by atoms with Gasteiger partial charge in [0.2, 0.25) is 0 Å². The Bertz CT molecular complexity index is 578. The summed E-state index contributed by atoms with van der Waals surface area (Å²) >= 11 is 4.96. The molecule has 102 valence electrons. The van der Waals surface area contributed by atoms with Gasteiger partial charge in [-0.2, -0.15) is 5.10 Å².